The van der Waals surface area contributed by atoms with Crippen LogP contribution in [0.3, 0.4) is 0 Å². The summed E-state index contributed by atoms with van der Waals surface area (Å²) in [5.41, 5.74) is -0.229. The maximum absolute atomic E-state index is 13.0. The molecule has 1 fully saturated rings. The predicted octanol–water partition coefficient (Wildman–Crippen LogP) is 2.60. The number of halogens is 4. The molecule has 12 heteroatoms. The lowest BCUT2D eigenvalue weighted by Gasteiger charge is -2.35. The summed E-state index contributed by atoms with van der Waals surface area (Å²) in [6, 6.07) is 5.17. The zero-order chi connectivity index (χ0) is 21.5. The number of sulfonamides is 1. The second-order valence-electron chi connectivity index (χ2n) is 6.68. The van der Waals surface area contributed by atoms with Crippen LogP contribution in [0.1, 0.15) is 30.6 Å². The number of benzene rings is 1. The quantitative estimate of drug-likeness (QED) is 0.231. The van der Waals surface area contributed by atoms with Gasteiger partial charge in [-0.15, -0.1) is 24.0 Å². The van der Waals surface area contributed by atoms with Crippen molar-refractivity contribution in [3.63, 3.8) is 0 Å². The van der Waals surface area contributed by atoms with E-state index in [2.05, 4.69) is 15.0 Å². The van der Waals surface area contributed by atoms with Crippen molar-refractivity contribution in [2.24, 2.45) is 4.99 Å². The van der Waals surface area contributed by atoms with Crippen molar-refractivity contribution in [1.82, 2.24) is 14.9 Å². The first-order chi connectivity index (χ1) is 13.6. The standard InChI is InChI=1S/C18H27F3N4O3S.HI/c1-3-22-17(23-8-5-9-24-29(2,26)27)25-10-11-28-16(13-25)14-6-4-7-15(12-14)18(19,20)21;/h4,6-7,12,16,24H,3,5,8-11,13H2,1-2H3,(H,22,23);1H. The van der Waals surface area contributed by atoms with Crippen molar-refractivity contribution in [2.45, 2.75) is 25.6 Å². The minimum Gasteiger partial charge on any atom is -0.370 e. The zero-order valence-corrected chi connectivity index (χ0v) is 20.1. The molecule has 1 heterocycles. The van der Waals surface area contributed by atoms with E-state index in [1.165, 1.54) is 6.07 Å². The fourth-order valence-electron chi connectivity index (χ4n) is 2.91. The highest BCUT2D eigenvalue weighted by atomic mass is 127. The lowest BCUT2D eigenvalue weighted by molar-refractivity contribution is -0.137. The van der Waals surface area contributed by atoms with E-state index in [-0.39, 0.29) is 30.5 Å². The molecule has 1 aromatic carbocycles. The number of hydrogen-bond donors (Lipinski definition) is 2. The van der Waals surface area contributed by atoms with Gasteiger partial charge in [-0.25, -0.2) is 13.1 Å². The Bertz CT molecular complexity index is 806. The summed E-state index contributed by atoms with van der Waals surface area (Å²) >= 11 is 0. The first-order valence-electron chi connectivity index (χ1n) is 9.37. The van der Waals surface area contributed by atoms with Crippen LogP contribution in [0, 0.1) is 0 Å². The van der Waals surface area contributed by atoms with E-state index < -0.39 is 27.9 Å². The van der Waals surface area contributed by atoms with Crippen LogP contribution in [0.25, 0.3) is 0 Å². The molecule has 1 aromatic rings. The largest absolute Gasteiger partial charge is 0.416 e. The number of nitrogens with zero attached hydrogens (tertiary/aromatic N) is 2. The van der Waals surface area contributed by atoms with Crippen LogP contribution in [0.15, 0.2) is 29.3 Å². The number of nitrogens with one attached hydrogen (secondary N) is 2. The van der Waals surface area contributed by atoms with Crippen molar-refractivity contribution < 1.29 is 26.3 Å². The Hall–Kier alpha value is -1.12. The van der Waals surface area contributed by atoms with Crippen molar-refractivity contribution in [3.8, 4) is 0 Å². The zero-order valence-electron chi connectivity index (χ0n) is 16.9. The molecule has 0 saturated carbocycles. The van der Waals surface area contributed by atoms with Crippen LogP contribution >= 0.6 is 24.0 Å². The van der Waals surface area contributed by atoms with E-state index in [1.54, 1.807) is 6.07 Å². The Morgan fingerprint density at radius 1 is 1.37 bits per heavy atom. The van der Waals surface area contributed by atoms with Crippen LogP contribution in [-0.4, -0.2) is 64.9 Å². The molecule has 7 nitrogen and oxygen atoms in total. The first-order valence-corrected chi connectivity index (χ1v) is 11.3. The van der Waals surface area contributed by atoms with Crippen LogP contribution in [0.4, 0.5) is 13.2 Å². The second-order valence-corrected chi connectivity index (χ2v) is 8.52. The van der Waals surface area contributed by atoms with Gasteiger partial charge >= 0.3 is 6.18 Å². The van der Waals surface area contributed by atoms with Gasteiger partial charge in [0.1, 0.15) is 6.10 Å². The molecule has 0 amide bonds. The van der Waals surface area contributed by atoms with E-state index in [0.717, 1.165) is 18.4 Å². The van der Waals surface area contributed by atoms with E-state index in [1.807, 2.05) is 11.8 Å². The predicted molar refractivity (Wildman–Crippen MR) is 121 cm³/mol. The number of morpholine rings is 1. The van der Waals surface area contributed by atoms with Crippen LogP contribution in [0.2, 0.25) is 0 Å². The van der Waals surface area contributed by atoms with Gasteiger partial charge < -0.3 is 15.0 Å². The summed E-state index contributed by atoms with van der Waals surface area (Å²) in [6.07, 6.45) is -3.27. The van der Waals surface area contributed by atoms with Gasteiger partial charge in [0.15, 0.2) is 5.96 Å². The van der Waals surface area contributed by atoms with Gasteiger partial charge in [0.2, 0.25) is 10.0 Å². The molecule has 2 rings (SSSR count). The van der Waals surface area contributed by atoms with Crippen molar-refractivity contribution in [3.05, 3.63) is 35.4 Å². The monoisotopic (exact) mass is 564 g/mol. The molecule has 1 unspecified atom stereocenters. The fourth-order valence-corrected chi connectivity index (χ4v) is 3.42. The molecule has 0 spiro atoms. The van der Waals surface area contributed by atoms with E-state index in [4.69, 9.17) is 4.74 Å². The molecule has 1 aliphatic rings. The SMILES string of the molecule is CCNC(=NCCCNS(C)(=O)=O)N1CCOC(c2cccc(C(F)(F)F)c2)C1.I. The minimum atomic E-state index is -4.40. The Morgan fingerprint density at radius 3 is 2.73 bits per heavy atom. The van der Waals surface area contributed by atoms with Crippen LogP contribution in [-0.2, 0) is 20.9 Å². The number of ether oxygens (including phenoxy) is 1. The summed E-state index contributed by atoms with van der Waals surface area (Å²) in [6.45, 7) is 4.55. The smallest absolute Gasteiger partial charge is 0.370 e. The lowest BCUT2D eigenvalue weighted by Crippen LogP contribution is -2.48. The molecule has 172 valence electrons. The van der Waals surface area contributed by atoms with Gasteiger partial charge in [-0.05, 0) is 31.0 Å². The van der Waals surface area contributed by atoms with E-state index in [9.17, 15) is 21.6 Å². The highest BCUT2D eigenvalue weighted by Gasteiger charge is 2.32. The van der Waals surface area contributed by atoms with Crippen LogP contribution in [0.5, 0.6) is 0 Å². The van der Waals surface area contributed by atoms with E-state index in [0.29, 0.717) is 50.7 Å². The van der Waals surface area contributed by atoms with Gasteiger partial charge in [-0.2, -0.15) is 13.2 Å². The molecule has 1 atom stereocenters. The number of rotatable bonds is 7. The molecule has 1 saturated heterocycles. The van der Waals surface area contributed by atoms with Crippen molar-refractivity contribution in [1.29, 1.82) is 0 Å². The third-order valence-corrected chi connectivity index (χ3v) is 4.98. The third-order valence-electron chi connectivity index (χ3n) is 4.25. The van der Waals surface area contributed by atoms with Gasteiger partial charge in [0.25, 0.3) is 0 Å². The Labute approximate surface area is 192 Å². The highest BCUT2D eigenvalue weighted by molar-refractivity contribution is 14.0. The summed E-state index contributed by atoms with van der Waals surface area (Å²) in [7, 11) is -3.23. The van der Waals surface area contributed by atoms with Crippen LogP contribution < -0.4 is 10.0 Å². The Kier molecular flexibility index (Phi) is 10.8. The number of hydrogen-bond acceptors (Lipinski definition) is 4. The van der Waals surface area contributed by atoms with Gasteiger partial charge in [-0.1, -0.05) is 12.1 Å². The average molecular weight is 564 g/mol. The maximum Gasteiger partial charge on any atom is 0.416 e. The van der Waals surface area contributed by atoms with E-state index >= 15 is 0 Å². The second kappa shape index (κ2) is 12.1. The lowest BCUT2D eigenvalue weighted by atomic mass is 10.0. The average Bonchev–Trinajstić information content (AvgIpc) is 2.65. The molecule has 0 radical (unpaired) electrons. The summed E-state index contributed by atoms with van der Waals surface area (Å²) in [5, 5.41) is 3.17. The van der Waals surface area contributed by atoms with Gasteiger partial charge in [0.05, 0.1) is 25.0 Å². The Balaban J connectivity index is 0.00000450. The first kappa shape index (κ1) is 26.9. The highest BCUT2D eigenvalue weighted by Crippen LogP contribution is 2.32. The summed E-state index contributed by atoms with van der Waals surface area (Å²) < 4.78 is 69.3. The third kappa shape index (κ3) is 8.94. The molecular weight excluding hydrogens is 536 g/mol. The molecule has 1 aliphatic heterocycles. The Morgan fingerprint density at radius 2 is 2.10 bits per heavy atom. The summed E-state index contributed by atoms with van der Waals surface area (Å²) in [5.74, 6) is 0.632. The number of alkyl halides is 3. The number of aliphatic imine (C=N–C) groups is 1. The van der Waals surface area contributed by atoms with Gasteiger partial charge in [-0.3, -0.25) is 4.99 Å². The minimum absolute atomic E-state index is 0. The molecule has 0 aromatic heterocycles. The number of guanidine groups is 1. The summed E-state index contributed by atoms with van der Waals surface area (Å²) in [4.78, 5) is 6.45. The normalized spacial score (nSPS) is 18.1. The molecule has 0 aliphatic carbocycles. The van der Waals surface area contributed by atoms with Gasteiger partial charge in [0, 0.05) is 26.2 Å². The fraction of sp³-hybridized carbons (Fsp3) is 0.611. The molecule has 30 heavy (non-hydrogen) atoms. The maximum atomic E-state index is 13.0. The van der Waals surface area contributed by atoms with Crippen molar-refractivity contribution in [2.75, 3.05) is 45.6 Å². The molecule has 2 N–H and O–H groups in total. The van der Waals surface area contributed by atoms with Crippen molar-refractivity contribution >= 4 is 40.0 Å². The topological polar surface area (TPSA) is 83.0 Å². The molecule has 0 bridgehead atoms. The molecular formula is C18H28F3IN4O3S.